The third-order valence-corrected chi connectivity index (χ3v) is 6.13. The number of fused-ring (bicyclic) bond motifs is 1. The first-order chi connectivity index (χ1) is 9.15. The van der Waals surface area contributed by atoms with Crippen LogP contribution in [-0.4, -0.2) is 15.0 Å². The first-order valence-corrected chi connectivity index (χ1v) is 8.36. The van der Waals surface area contributed by atoms with Crippen molar-refractivity contribution in [3.05, 3.63) is 34.5 Å². The van der Waals surface area contributed by atoms with Crippen molar-refractivity contribution in [3.63, 3.8) is 0 Å². The van der Waals surface area contributed by atoms with Crippen LogP contribution in [0, 0.1) is 6.92 Å². The SMILES string of the molecule is Cc1c(CNC2C[C@H](C)Sc3sccc32)cnn1C. The van der Waals surface area contributed by atoms with Crippen molar-refractivity contribution in [2.24, 2.45) is 7.05 Å². The van der Waals surface area contributed by atoms with Crippen LogP contribution >= 0.6 is 23.1 Å². The molecule has 2 aromatic heterocycles. The normalized spacial score (nSPS) is 22.5. The molecular weight excluding hydrogens is 274 g/mol. The Kier molecular flexibility index (Phi) is 3.69. The molecule has 3 rings (SSSR count). The van der Waals surface area contributed by atoms with E-state index in [4.69, 9.17) is 0 Å². The van der Waals surface area contributed by atoms with E-state index in [9.17, 15) is 0 Å². The molecule has 3 heterocycles. The molecule has 102 valence electrons. The summed E-state index contributed by atoms with van der Waals surface area (Å²) in [6, 6.07) is 2.75. The molecule has 1 aliphatic rings. The molecule has 1 aliphatic heterocycles. The number of aromatic nitrogens is 2. The van der Waals surface area contributed by atoms with Crippen molar-refractivity contribution in [1.82, 2.24) is 15.1 Å². The van der Waals surface area contributed by atoms with Crippen molar-refractivity contribution in [2.75, 3.05) is 0 Å². The smallest absolute Gasteiger partial charge is 0.0649 e. The van der Waals surface area contributed by atoms with Gasteiger partial charge in [0.05, 0.1) is 10.4 Å². The predicted molar refractivity (Wildman–Crippen MR) is 81.8 cm³/mol. The molecule has 2 aromatic rings. The molecule has 0 radical (unpaired) electrons. The summed E-state index contributed by atoms with van der Waals surface area (Å²) in [7, 11) is 2.00. The summed E-state index contributed by atoms with van der Waals surface area (Å²) in [5, 5.41) is 10.9. The van der Waals surface area contributed by atoms with Crippen molar-refractivity contribution in [1.29, 1.82) is 0 Å². The number of hydrogen-bond donors (Lipinski definition) is 1. The molecule has 0 saturated heterocycles. The molecule has 0 fully saturated rings. The van der Waals surface area contributed by atoms with Gasteiger partial charge >= 0.3 is 0 Å². The highest BCUT2D eigenvalue weighted by molar-refractivity contribution is 8.01. The van der Waals surface area contributed by atoms with Crippen LogP contribution in [0.15, 0.2) is 21.9 Å². The Morgan fingerprint density at radius 1 is 1.53 bits per heavy atom. The summed E-state index contributed by atoms with van der Waals surface area (Å²) < 4.78 is 3.42. The van der Waals surface area contributed by atoms with Gasteiger partial charge in [-0.05, 0) is 30.4 Å². The van der Waals surface area contributed by atoms with Crippen LogP contribution in [0.3, 0.4) is 0 Å². The first-order valence-electron chi connectivity index (χ1n) is 6.60. The van der Waals surface area contributed by atoms with Gasteiger partial charge < -0.3 is 5.32 Å². The average Bonchev–Trinajstić information content (AvgIpc) is 2.96. The lowest BCUT2D eigenvalue weighted by Crippen LogP contribution is -2.26. The number of hydrogen-bond acceptors (Lipinski definition) is 4. The first kappa shape index (κ1) is 13.2. The topological polar surface area (TPSA) is 29.9 Å². The number of aryl methyl sites for hydroxylation is 1. The molecule has 2 atom stereocenters. The van der Waals surface area contributed by atoms with Crippen LogP contribution in [0.25, 0.3) is 0 Å². The number of rotatable bonds is 3. The minimum Gasteiger partial charge on any atom is -0.306 e. The van der Waals surface area contributed by atoms with E-state index in [1.807, 2.05) is 41.0 Å². The zero-order valence-electron chi connectivity index (χ0n) is 11.5. The number of nitrogens with zero attached hydrogens (tertiary/aromatic N) is 2. The Bertz CT molecular complexity index is 573. The number of thiophene rings is 1. The fourth-order valence-electron chi connectivity index (χ4n) is 2.49. The Balaban J connectivity index is 1.73. The van der Waals surface area contributed by atoms with Crippen molar-refractivity contribution < 1.29 is 0 Å². The lowest BCUT2D eigenvalue weighted by Gasteiger charge is -2.27. The monoisotopic (exact) mass is 293 g/mol. The molecule has 1 N–H and O–H groups in total. The van der Waals surface area contributed by atoms with Gasteiger partial charge in [0, 0.05) is 36.1 Å². The summed E-state index contributed by atoms with van der Waals surface area (Å²) in [4.78, 5) is 0. The van der Waals surface area contributed by atoms with Gasteiger partial charge in [-0.25, -0.2) is 0 Å². The fourth-order valence-corrected chi connectivity index (χ4v) is 5.06. The van der Waals surface area contributed by atoms with Gasteiger partial charge in [0.1, 0.15) is 0 Å². The molecule has 3 nitrogen and oxygen atoms in total. The van der Waals surface area contributed by atoms with E-state index >= 15 is 0 Å². The van der Waals surface area contributed by atoms with E-state index in [-0.39, 0.29) is 0 Å². The van der Waals surface area contributed by atoms with E-state index in [0.717, 1.165) is 6.54 Å². The number of nitrogens with one attached hydrogen (secondary N) is 1. The molecule has 0 bridgehead atoms. The number of thioether (sulfide) groups is 1. The second-order valence-electron chi connectivity index (χ2n) is 5.14. The van der Waals surface area contributed by atoms with Crippen LogP contribution in [0.1, 0.15) is 36.2 Å². The fraction of sp³-hybridized carbons (Fsp3) is 0.500. The second-order valence-corrected chi connectivity index (χ2v) is 7.76. The van der Waals surface area contributed by atoms with Gasteiger partial charge in [0.2, 0.25) is 0 Å². The quantitative estimate of drug-likeness (QED) is 0.939. The highest BCUT2D eigenvalue weighted by Crippen LogP contribution is 2.43. The largest absolute Gasteiger partial charge is 0.306 e. The summed E-state index contributed by atoms with van der Waals surface area (Å²) >= 11 is 3.88. The average molecular weight is 293 g/mol. The molecule has 0 saturated carbocycles. The summed E-state index contributed by atoms with van der Waals surface area (Å²) in [6.07, 6.45) is 3.17. The maximum absolute atomic E-state index is 4.30. The second kappa shape index (κ2) is 5.31. The lowest BCUT2D eigenvalue weighted by molar-refractivity contribution is 0.487. The van der Waals surface area contributed by atoms with Crippen LogP contribution in [0.2, 0.25) is 0 Å². The van der Waals surface area contributed by atoms with E-state index in [0.29, 0.717) is 11.3 Å². The van der Waals surface area contributed by atoms with Gasteiger partial charge in [-0.3, -0.25) is 4.68 Å². The zero-order valence-corrected chi connectivity index (χ0v) is 13.1. The molecule has 0 spiro atoms. The van der Waals surface area contributed by atoms with Crippen molar-refractivity contribution in [2.45, 2.75) is 42.3 Å². The zero-order chi connectivity index (χ0) is 13.4. The Labute approximate surface area is 122 Å². The van der Waals surface area contributed by atoms with Crippen LogP contribution in [0.5, 0.6) is 0 Å². The van der Waals surface area contributed by atoms with Gasteiger partial charge in [0.25, 0.3) is 0 Å². The van der Waals surface area contributed by atoms with E-state index in [2.05, 4.69) is 35.7 Å². The van der Waals surface area contributed by atoms with Gasteiger partial charge in [-0.1, -0.05) is 6.92 Å². The molecule has 1 unspecified atom stereocenters. The molecular formula is C14H19N3S2. The maximum atomic E-state index is 4.30. The van der Waals surface area contributed by atoms with E-state index in [1.54, 1.807) is 0 Å². The minimum absolute atomic E-state index is 0.483. The van der Waals surface area contributed by atoms with Gasteiger partial charge in [-0.15, -0.1) is 23.1 Å². The van der Waals surface area contributed by atoms with Gasteiger partial charge in [0.15, 0.2) is 0 Å². The van der Waals surface area contributed by atoms with Gasteiger partial charge in [-0.2, -0.15) is 5.10 Å². The molecule has 19 heavy (non-hydrogen) atoms. The molecule has 0 aromatic carbocycles. The Morgan fingerprint density at radius 3 is 3.11 bits per heavy atom. The third-order valence-electron chi connectivity index (χ3n) is 3.79. The summed E-state index contributed by atoms with van der Waals surface area (Å²) in [5.41, 5.74) is 4.02. The van der Waals surface area contributed by atoms with Crippen molar-refractivity contribution in [3.8, 4) is 0 Å². The highest BCUT2D eigenvalue weighted by Gasteiger charge is 2.25. The summed E-state index contributed by atoms with van der Waals surface area (Å²) in [5.74, 6) is 0. The van der Waals surface area contributed by atoms with Crippen LogP contribution in [-0.2, 0) is 13.6 Å². The van der Waals surface area contributed by atoms with Crippen molar-refractivity contribution >= 4 is 23.1 Å². The van der Waals surface area contributed by atoms with E-state index < -0.39 is 0 Å². The third kappa shape index (κ3) is 2.59. The van der Waals surface area contributed by atoms with Crippen LogP contribution < -0.4 is 5.32 Å². The standard InChI is InChI=1S/C14H19N3S2/c1-9-6-13(12-4-5-18-14(12)19-9)15-7-11-8-16-17(3)10(11)2/h4-5,8-9,13,15H,6-7H2,1-3H3/t9-,13?/m0/s1. The predicted octanol–water partition coefficient (Wildman–Crippen LogP) is 3.51. The van der Waals surface area contributed by atoms with Crippen LogP contribution in [0.4, 0.5) is 0 Å². The van der Waals surface area contributed by atoms with E-state index in [1.165, 1.54) is 27.5 Å². The molecule has 5 heteroatoms. The summed E-state index contributed by atoms with van der Waals surface area (Å²) in [6.45, 7) is 5.34. The lowest BCUT2D eigenvalue weighted by atomic mass is 10.0. The Hall–Kier alpha value is -0.780. The Morgan fingerprint density at radius 2 is 2.37 bits per heavy atom. The minimum atomic E-state index is 0.483. The highest BCUT2D eigenvalue weighted by atomic mass is 32.2. The molecule has 0 amide bonds. The maximum Gasteiger partial charge on any atom is 0.0649 e. The molecule has 0 aliphatic carbocycles.